The fourth-order valence-electron chi connectivity index (χ4n) is 3.05. The predicted molar refractivity (Wildman–Crippen MR) is 280 cm³/mol. The molecule has 0 fully saturated rings. The van der Waals surface area contributed by atoms with Crippen LogP contribution in [0.2, 0.25) is 0 Å². The minimum atomic E-state index is 0.706. The zero-order valence-electron chi connectivity index (χ0n) is 29.5. The van der Waals surface area contributed by atoms with Gasteiger partial charge in [-0.1, -0.05) is 0 Å². The summed E-state index contributed by atoms with van der Waals surface area (Å²) in [7, 11) is 5.34. The Bertz CT molecular complexity index is 1530. The van der Waals surface area contributed by atoms with Crippen LogP contribution in [0.4, 0.5) is 0 Å². The van der Waals surface area contributed by atoms with E-state index in [1.54, 1.807) is 13.7 Å². The van der Waals surface area contributed by atoms with Crippen LogP contribution in [0, 0.1) is 0 Å². The van der Waals surface area contributed by atoms with E-state index < -0.39 is 0 Å². The minimum absolute atomic E-state index is 0.706. The van der Waals surface area contributed by atoms with E-state index in [2.05, 4.69) is 13.4 Å². The Morgan fingerprint density at radius 1 is 0.320 bits per heavy atom. The topological polar surface area (TPSA) is 9.23 Å². The average Bonchev–Trinajstić information content (AvgIpc) is 3.13. The number of rotatable bonds is 25. The molecule has 0 amide bonds. The third-order valence-electron chi connectivity index (χ3n) is 5.39. The van der Waals surface area contributed by atoms with Crippen molar-refractivity contribution >= 4 is 295 Å². The van der Waals surface area contributed by atoms with Gasteiger partial charge in [-0.3, -0.25) is 0 Å². The molecule has 168 valence electrons. The average molecular weight is 562 g/mol. The van der Waals surface area contributed by atoms with Gasteiger partial charge >= 0.3 is 332 Å². The van der Waals surface area contributed by atoms with Crippen LogP contribution < -0.4 is 0 Å². The molecule has 0 aliphatic heterocycles. The van der Waals surface area contributed by atoms with Gasteiger partial charge in [-0.15, -0.1) is 0 Å². The maximum absolute atomic E-state index is 5.35. The van der Waals surface area contributed by atoms with Crippen LogP contribution in [-0.4, -0.2) is 302 Å². The van der Waals surface area contributed by atoms with Crippen LogP contribution in [0.15, 0.2) is 12.2 Å². The van der Waals surface area contributed by atoms with Crippen molar-refractivity contribution in [1.82, 2.24) is 0 Å². The zero-order valence-corrected chi connectivity index (χ0v) is 29.5. The molecule has 0 N–H and O–H groups in total. The normalized spacial score (nSPS) is 8.16. The van der Waals surface area contributed by atoms with Crippen molar-refractivity contribution in [3.8, 4) is 0 Å². The Labute approximate surface area is 329 Å². The zero-order chi connectivity index (χ0) is 35.9. The Hall–Kier alpha value is 2.40. The molecule has 0 aliphatic carbocycles. The van der Waals surface area contributed by atoms with Crippen molar-refractivity contribution in [3.05, 3.63) is 12.2 Å². The molecule has 0 radical (unpaired) electrons. The van der Waals surface area contributed by atoms with Crippen LogP contribution in [0.5, 0.6) is 0 Å². The second-order valence-corrected chi connectivity index (χ2v) is 9.49. The molecule has 0 bridgehead atoms. The van der Waals surface area contributed by atoms with Crippen molar-refractivity contribution in [3.63, 3.8) is 0 Å². The van der Waals surface area contributed by atoms with E-state index in [1.807, 2.05) is 287 Å². The molecular formula is C5H10B44O. The molecule has 0 rings (SSSR count). The monoisotopic (exact) mass is 570 g/mol. The van der Waals surface area contributed by atoms with Gasteiger partial charge < -0.3 is 0 Å². The molecule has 0 saturated carbocycles. The van der Waals surface area contributed by atoms with E-state index in [-0.39, 0.29) is 0 Å². The van der Waals surface area contributed by atoms with Crippen molar-refractivity contribution in [2.45, 2.75) is 13.3 Å². The molecule has 0 aliphatic rings. The van der Waals surface area contributed by atoms with E-state index in [4.69, 9.17) is 4.65 Å². The fourth-order valence-corrected chi connectivity index (χ4v) is 3.05. The van der Waals surface area contributed by atoms with Crippen LogP contribution >= 0.6 is 0 Å². The molecule has 0 heterocycles. The van der Waals surface area contributed by atoms with Gasteiger partial charge in [0.1, 0.15) is 0 Å². The predicted octanol–water partition coefficient (Wildman–Crippen LogP) is -15.6. The summed E-state index contributed by atoms with van der Waals surface area (Å²) in [6.07, 6.45) is 5.05. The summed E-state index contributed by atoms with van der Waals surface area (Å²) in [4.78, 5) is 0. The number of hydrogen-bond acceptors (Lipinski definition) is 1. The molecular weight excluding hydrogens is 552 g/mol. The van der Waals surface area contributed by atoms with Crippen LogP contribution in [0.25, 0.3) is 0 Å². The molecule has 1 nitrogen and oxygen atoms in total. The third-order valence-corrected chi connectivity index (χ3v) is 5.39. The van der Waals surface area contributed by atoms with E-state index >= 15 is 0 Å². The van der Waals surface area contributed by atoms with E-state index in [0.29, 0.717) is 6.61 Å². The summed E-state index contributed by atoms with van der Waals surface area (Å²) < 4.78 is 5.35. The molecule has 0 saturated heterocycles. The SMILES string of the molecule is B=BB=BB=BB=BB=BB=BB=BB=BB=BB=BB=BB=BB=BB=BB=BB=BB=BB=BB=BB=BB=BB=BOCC/C=C/C. The molecule has 45 heteroatoms. The summed E-state index contributed by atoms with van der Waals surface area (Å²) in [6.45, 7) is 85.8. The first kappa shape index (κ1) is 52.4. The second kappa shape index (κ2) is 51.4. The molecule has 0 aromatic heterocycles. The van der Waals surface area contributed by atoms with E-state index in [9.17, 15) is 0 Å². The van der Waals surface area contributed by atoms with Gasteiger partial charge in [0.2, 0.25) is 0 Å². The Kier molecular flexibility index (Phi) is 53.9. The van der Waals surface area contributed by atoms with Crippen LogP contribution in [0.3, 0.4) is 0 Å². The molecule has 0 aromatic carbocycles. The van der Waals surface area contributed by atoms with Crippen molar-refractivity contribution < 1.29 is 4.65 Å². The molecule has 0 atom stereocenters. The molecule has 0 unspecified atom stereocenters. The van der Waals surface area contributed by atoms with Gasteiger partial charge in [0.15, 0.2) is 0 Å². The maximum atomic E-state index is 5.35. The van der Waals surface area contributed by atoms with Crippen molar-refractivity contribution in [1.29, 1.82) is 0 Å². The number of hydrogen-bond donors (Lipinski definition) is 0. The first-order chi connectivity index (χ1) is 24.9. The van der Waals surface area contributed by atoms with Crippen molar-refractivity contribution in [2.24, 2.45) is 0 Å². The Morgan fingerprint density at radius 3 is 0.720 bits per heavy atom. The summed E-state index contributed by atoms with van der Waals surface area (Å²) in [5.41, 5.74) is 0. The van der Waals surface area contributed by atoms with Gasteiger partial charge in [-0.05, 0) is 0 Å². The summed E-state index contributed by atoms with van der Waals surface area (Å²) in [6, 6.07) is 0. The molecule has 50 heavy (non-hydrogen) atoms. The van der Waals surface area contributed by atoms with Gasteiger partial charge in [-0.2, -0.15) is 0 Å². The standard InChI is InChI=1S/C5H10B44O/c1-2-3-4-5-50-49-48-47-46-45-44-43-42-41-40-39-38-37-36-35-34-33-32-31-30-29-28-27-26-25-24-23-22-21-20-19-18-17-16-15-14-13-12-11-10-9-8-7-6/h2-3,6H,4-5H2,1H3/b3-2+. The Morgan fingerprint density at radius 2 is 0.520 bits per heavy atom. The van der Waals surface area contributed by atoms with Gasteiger partial charge in [0.25, 0.3) is 0 Å². The summed E-state index contributed by atoms with van der Waals surface area (Å²) >= 11 is 0. The van der Waals surface area contributed by atoms with E-state index in [0.717, 1.165) is 6.42 Å². The van der Waals surface area contributed by atoms with Gasteiger partial charge in [0.05, 0.1) is 0 Å². The summed E-state index contributed by atoms with van der Waals surface area (Å²) in [5.74, 6) is 0. The quantitative estimate of drug-likeness (QED) is 0.0612. The van der Waals surface area contributed by atoms with Crippen molar-refractivity contribution in [2.75, 3.05) is 6.61 Å². The fraction of sp³-hybridized carbons (Fsp3) is 0.600. The van der Waals surface area contributed by atoms with Crippen LogP contribution in [0.1, 0.15) is 13.3 Å². The first-order valence-corrected chi connectivity index (χ1v) is 16.8. The summed E-state index contributed by atoms with van der Waals surface area (Å²) in [5, 5.41) is 0. The first-order valence-electron chi connectivity index (χ1n) is 16.8. The molecule has 0 aromatic rings. The van der Waals surface area contributed by atoms with Gasteiger partial charge in [0, 0.05) is 0 Å². The van der Waals surface area contributed by atoms with Crippen LogP contribution in [-0.2, 0) is 4.65 Å². The number of allylic oxidation sites excluding steroid dienone is 1. The van der Waals surface area contributed by atoms with E-state index in [1.165, 1.54) is 0 Å². The Balaban J connectivity index is 4.02. The second-order valence-electron chi connectivity index (χ2n) is 9.49. The molecule has 0 spiro atoms. The third kappa shape index (κ3) is 50.4. The van der Waals surface area contributed by atoms with Gasteiger partial charge in [-0.25, -0.2) is 0 Å².